The van der Waals surface area contributed by atoms with Crippen molar-refractivity contribution in [3.8, 4) is 0 Å². The number of aromatic nitrogens is 2. The lowest BCUT2D eigenvalue weighted by atomic mass is 10.0. The Labute approximate surface area is 159 Å². The maximum absolute atomic E-state index is 13.9. The highest BCUT2D eigenvalue weighted by atomic mass is 35.5. The number of hydrogen-bond donors (Lipinski definition) is 2. The lowest BCUT2D eigenvalue weighted by molar-refractivity contribution is 0.0851. The van der Waals surface area contributed by atoms with Gasteiger partial charge in [-0.05, 0) is 31.4 Å². The summed E-state index contributed by atoms with van der Waals surface area (Å²) in [5.41, 5.74) is 0.470. The standard InChI is InChI=1S/C17H18ClFN4O2S/c18-11-2-1-3-12(19)14(11)10-8-13(10)20-16(24)21-17-23-22-15(26-17)9-4-6-25-7-5-9/h1-3,9-10,13H,4-8H2,(H2,20,21,23,24)/t10-,13-/m1/s1. The van der Waals surface area contributed by atoms with Crippen molar-refractivity contribution < 1.29 is 13.9 Å². The zero-order chi connectivity index (χ0) is 18.1. The molecule has 6 nitrogen and oxygen atoms in total. The number of nitrogens with one attached hydrogen (secondary N) is 2. The predicted molar refractivity (Wildman–Crippen MR) is 97.4 cm³/mol. The molecule has 0 spiro atoms. The van der Waals surface area contributed by atoms with Gasteiger partial charge in [0.15, 0.2) is 0 Å². The van der Waals surface area contributed by atoms with Crippen LogP contribution in [0.3, 0.4) is 0 Å². The van der Waals surface area contributed by atoms with Crippen molar-refractivity contribution in [2.45, 2.75) is 37.1 Å². The van der Waals surface area contributed by atoms with Crippen LogP contribution in [0.1, 0.15) is 41.7 Å². The molecular weight excluding hydrogens is 379 g/mol. The van der Waals surface area contributed by atoms with Crippen molar-refractivity contribution in [1.82, 2.24) is 15.5 Å². The van der Waals surface area contributed by atoms with Gasteiger partial charge >= 0.3 is 6.03 Å². The summed E-state index contributed by atoms with van der Waals surface area (Å²) < 4.78 is 19.3. The molecule has 1 aromatic carbocycles. The van der Waals surface area contributed by atoms with Crippen molar-refractivity contribution >= 4 is 34.1 Å². The van der Waals surface area contributed by atoms with Gasteiger partial charge in [0.25, 0.3) is 0 Å². The first kappa shape index (κ1) is 17.6. The SMILES string of the molecule is O=C(Nc1nnc(C2CCOCC2)s1)N[C@@H]1C[C@H]1c1c(F)cccc1Cl. The fourth-order valence-corrected chi connectivity index (χ4v) is 4.45. The van der Waals surface area contributed by atoms with Crippen LogP contribution in [0.25, 0.3) is 0 Å². The number of halogens is 2. The van der Waals surface area contributed by atoms with Gasteiger partial charge < -0.3 is 10.1 Å². The van der Waals surface area contributed by atoms with E-state index in [0.717, 1.165) is 31.1 Å². The molecule has 1 aromatic heterocycles. The number of ether oxygens (including phenoxy) is 1. The second kappa shape index (κ2) is 7.46. The van der Waals surface area contributed by atoms with Crippen LogP contribution in [-0.2, 0) is 4.74 Å². The Bertz CT molecular complexity index is 792. The molecule has 2 N–H and O–H groups in total. The third-order valence-corrected chi connectivity index (χ3v) is 6.04. The molecule has 2 aromatic rings. The van der Waals surface area contributed by atoms with Crippen LogP contribution in [0, 0.1) is 5.82 Å². The summed E-state index contributed by atoms with van der Waals surface area (Å²) in [5.74, 6) is -0.0880. The molecule has 2 heterocycles. The van der Waals surface area contributed by atoms with Crippen molar-refractivity contribution in [2.24, 2.45) is 0 Å². The van der Waals surface area contributed by atoms with Crippen molar-refractivity contribution in [1.29, 1.82) is 0 Å². The van der Waals surface area contributed by atoms with E-state index in [1.807, 2.05) is 0 Å². The fourth-order valence-electron chi connectivity index (χ4n) is 3.23. The van der Waals surface area contributed by atoms with E-state index in [4.69, 9.17) is 16.3 Å². The van der Waals surface area contributed by atoms with Crippen molar-refractivity contribution in [2.75, 3.05) is 18.5 Å². The molecular formula is C17H18ClFN4O2S. The summed E-state index contributed by atoms with van der Waals surface area (Å²) in [4.78, 5) is 12.2. The van der Waals surface area contributed by atoms with E-state index >= 15 is 0 Å². The van der Waals surface area contributed by atoms with E-state index < -0.39 is 0 Å². The fraction of sp³-hybridized carbons (Fsp3) is 0.471. The van der Waals surface area contributed by atoms with Gasteiger partial charge in [0.1, 0.15) is 10.8 Å². The number of urea groups is 1. The molecule has 2 amide bonds. The molecule has 2 atom stereocenters. The Hall–Kier alpha value is -1.77. The lowest BCUT2D eigenvalue weighted by Gasteiger charge is -2.18. The van der Waals surface area contributed by atoms with E-state index in [0.29, 0.717) is 28.1 Å². The first-order valence-corrected chi connectivity index (χ1v) is 9.74. The molecule has 9 heteroatoms. The maximum atomic E-state index is 13.9. The van der Waals surface area contributed by atoms with Crippen LogP contribution in [0.5, 0.6) is 0 Å². The largest absolute Gasteiger partial charge is 0.381 e. The number of carbonyl (C=O) groups is 1. The quantitative estimate of drug-likeness (QED) is 0.821. The van der Waals surface area contributed by atoms with E-state index in [2.05, 4.69) is 20.8 Å². The van der Waals surface area contributed by atoms with E-state index in [1.54, 1.807) is 12.1 Å². The molecule has 0 bridgehead atoms. The summed E-state index contributed by atoms with van der Waals surface area (Å²) in [6, 6.07) is 4.13. The summed E-state index contributed by atoms with van der Waals surface area (Å²) in [5, 5.41) is 15.5. The Morgan fingerprint density at radius 3 is 2.88 bits per heavy atom. The second-order valence-electron chi connectivity index (χ2n) is 6.51. The van der Waals surface area contributed by atoms with Crippen molar-refractivity contribution in [3.05, 3.63) is 39.6 Å². The van der Waals surface area contributed by atoms with Gasteiger partial charge in [0, 0.05) is 41.7 Å². The van der Waals surface area contributed by atoms with E-state index in [-0.39, 0.29) is 23.8 Å². The monoisotopic (exact) mass is 396 g/mol. The Morgan fingerprint density at radius 1 is 1.31 bits per heavy atom. The van der Waals surface area contributed by atoms with Crippen LogP contribution in [-0.4, -0.2) is 35.5 Å². The molecule has 4 rings (SSSR count). The van der Waals surface area contributed by atoms with E-state index in [9.17, 15) is 9.18 Å². The number of benzene rings is 1. The number of hydrogen-bond acceptors (Lipinski definition) is 5. The topological polar surface area (TPSA) is 76.1 Å². The van der Waals surface area contributed by atoms with Crippen LogP contribution < -0.4 is 10.6 Å². The van der Waals surface area contributed by atoms with Gasteiger partial charge in [0.2, 0.25) is 5.13 Å². The Morgan fingerprint density at radius 2 is 2.12 bits per heavy atom. The number of rotatable bonds is 4. The number of carbonyl (C=O) groups excluding carboxylic acids is 1. The minimum Gasteiger partial charge on any atom is -0.381 e. The summed E-state index contributed by atoms with van der Waals surface area (Å²) in [6.07, 6.45) is 2.51. The summed E-state index contributed by atoms with van der Waals surface area (Å²) >= 11 is 7.47. The molecule has 138 valence electrons. The number of amides is 2. The summed E-state index contributed by atoms with van der Waals surface area (Å²) in [6.45, 7) is 1.46. The van der Waals surface area contributed by atoms with Crippen LogP contribution in [0.2, 0.25) is 5.02 Å². The average Bonchev–Trinajstić information content (AvgIpc) is 3.19. The lowest BCUT2D eigenvalue weighted by Crippen LogP contribution is -2.31. The van der Waals surface area contributed by atoms with Crippen molar-refractivity contribution in [3.63, 3.8) is 0 Å². The second-order valence-corrected chi connectivity index (χ2v) is 7.93. The molecule has 1 saturated carbocycles. The highest BCUT2D eigenvalue weighted by Crippen LogP contribution is 2.45. The molecule has 2 fully saturated rings. The van der Waals surface area contributed by atoms with Crippen LogP contribution >= 0.6 is 22.9 Å². The minimum atomic E-state index is -0.361. The molecule has 0 unspecified atom stereocenters. The Kier molecular flexibility index (Phi) is 5.06. The molecule has 1 aliphatic carbocycles. The number of nitrogens with zero attached hydrogens (tertiary/aromatic N) is 2. The first-order valence-electron chi connectivity index (χ1n) is 8.54. The van der Waals surface area contributed by atoms with Gasteiger partial charge in [-0.25, -0.2) is 9.18 Å². The molecule has 0 radical (unpaired) electrons. The highest BCUT2D eigenvalue weighted by Gasteiger charge is 2.42. The zero-order valence-electron chi connectivity index (χ0n) is 13.9. The molecule has 26 heavy (non-hydrogen) atoms. The molecule has 2 aliphatic rings. The van der Waals surface area contributed by atoms with Gasteiger partial charge in [0.05, 0.1) is 0 Å². The van der Waals surface area contributed by atoms with Crippen LogP contribution in [0.4, 0.5) is 14.3 Å². The van der Waals surface area contributed by atoms with Gasteiger partial charge in [-0.1, -0.05) is 29.0 Å². The van der Waals surface area contributed by atoms with E-state index in [1.165, 1.54) is 17.4 Å². The normalized spacial score (nSPS) is 22.8. The third-order valence-electron chi connectivity index (χ3n) is 4.71. The van der Waals surface area contributed by atoms with Crippen LogP contribution in [0.15, 0.2) is 18.2 Å². The summed E-state index contributed by atoms with van der Waals surface area (Å²) in [7, 11) is 0. The smallest absolute Gasteiger partial charge is 0.321 e. The first-order chi connectivity index (χ1) is 12.6. The predicted octanol–water partition coefficient (Wildman–Crippen LogP) is 3.90. The third kappa shape index (κ3) is 3.82. The van der Waals surface area contributed by atoms with Gasteiger partial charge in [-0.15, -0.1) is 10.2 Å². The highest BCUT2D eigenvalue weighted by molar-refractivity contribution is 7.15. The minimum absolute atomic E-state index is 0.0957. The number of anilines is 1. The molecule has 1 saturated heterocycles. The van der Waals surface area contributed by atoms with Gasteiger partial charge in [-0.3, -0.25) is 5.32 Å². The average molecular weight is 397 g/mol. The zero-order valence-corrected chi connectivity index (χ0v) is 15.4. The molecule has 1 aliphatic heterocycles. The maximum Gasteiger partial charge on any atom is 0.321 e. The van der Waals surface area contributed by atoms with Gasteiger partial charge in [-0.2, -0.15) is 0 Å². The Balaban J connectivity index is 1.32.